The number of halogens is 1. The standard InChI is InChI=1S/C15H10ClNO4S3/c1-7(14(19)20)17-13(18)11(24-15(17)22)6-8-2-3-9(21-8)10-4-5-12(16)23-10/h2-7H,1H3,(H,19,20)/b11-6+. The number of aliphatic carboxylic acids is 1. The molecule has 1 atom stereocenters. The quantitative estimate of drug-likeness (QED) is 0.609. The van der Waals surface area contributed by atoms with Gasteiger partial charge in [0.15, 0.2) is 0 Å². The lowest BCUT2D eigenvalue weighted by molar-refractivity contribution is -0.144. The van der Waals surface area contributed by atoms with Gasteiger partial charge >= 0.3 is 5.97 Å². The van der Waals surface area contributed by atoms with Crippen molar-refractivity contribution in [2.24, 2.45) is 0 Å². The first-order valence-electron chi connectivity index (χ1n) is 6.72. The van der Waals surface area contributed by atoms with Crippen LogP contribution in [0, 0.1) is 0 Å². The van der Waals surface area contributed by atoms with Gasteiger partial charge in [-0.3, -0.25) is 9.69 Å². The van der Waals surface area contributed by atoms with Crippen LogP contribution in [0.15, 0.2) is 33.6 Å². The van der Waals surface area contributed by atoms with Crippen molar-refractivity contribution < 1.29 is 19.1 Å². The van der Waals surface area contributed by atoms with Gasteiger partial charge in [-0.05, 0) is 31.2 Å². The van der Waals surface area contributed by atoms with Crippen LogP contribution in [0.4, 0.5) is 0 Å². The lowest BCUT2D eigenvalue weighted by Gasteiger charge is -2.18. The molecule has 24 heavy (non-hydrogen) atoms. The summed E-state index contributed by atoms with van der Waals surface area (Å²) in [4.78, 5) is 25.8. The first-order chi connectivity index (χ1) is 11.4. The third kappa shape index (κ3) is 3.27. The maximum absolute atomic E-state index is 12.4. The van der Waals surface area contributed by atoms with Gasteiger partial charge in [0.05, 0.1) is 14.1 Å². The molecule has 1 aliphatic heterocycles. The van der Waals surface area contributed by atoms with Gasteiger partial charge < -0.3 is 9.52 Å². The number of rotatable bonds is 4. The van der Waals surface area contributed by atoms with Gasteiger partial charge in [0, 0.05) is 6.08 Å². The van der Waals surface area contributed by atoms with Crippen molar-refractivity contribution in [2.45, 2.75) is 13.0 Å². The molecule has 1 saturated heterocycles. The average Bonchev–Trinajstić information content (AvgIpc) is 3.20. The average molecular weight is 400 g/mol. The topological polar surface area (TPSA) is 70.8 Å². The molecule has 0 radical (unpaired) electrons. The molecule has 124 valence electrons. The summed E-state index contributed by atoms with van der Waals surface area (Å²) in [6.45, 7) is 1.42. The minimum Gasteiger partial charge on any atom is -0.480 e. The molecule has 0 aliphatic carbocycles. The van der Waals surface area contributed by atoms with Gasteiger partial charge in [0.25, 0.3) is 5.91 Å². The minimum atomic E-state index is -1.11. The molecule has 0 spiro atoms. The van der Waals surface area contributed by atoms with E-state index in [1.165, 1.54) is 18.3 Å². The highest BCUT2D eigenvalue weighted by Gasteiger charge is 2.38. The number of amides is 1. The smallest absolute Gasteiger partial charge is 0.326 e. The minimum absolute atomic E-state index is 0.220. The zero-order valence-electron chi connectivity index (χ0n) is 12.2. The largest absolute Gasteiger partial charge is 0.480 e. The van der Waals surface area contributed by atoms with Crippen molar-refractivity contribution in [1.82, 2.24) is 4.90 Å². The lowest BCUT2D eigenvalue weighted by atomic mass is 10.3. The Hall–Kier alpha value is -1.61. The van der Waals surface area contributed by atoms with E-state index >= 15 is 0 Å². The Balaban J connectivity index is 1.85. The monoisotopic (exact) mass is 399 g/mol. The number of carbonyl (C=O) groups excluding carboxylic acids is 1. The van der Waals surface area contributed by atoms with Crippen molar-refractivity contribution in [2.75, 3.05) is 0 Å². The van der Waals surface area contributed by atoms with E-state index in [4.69, 9.17) is 33.3 Å². The molecule has 1 amide bonds. The molecule has 2 aromatic rings. The third-order valence-electron chi connectivity index (χ3n) is 3.28. The normalized spacial score (nSPS) is 17.8. The first kappa shape index (κ1) is 17.2. The number of thiocarbonyl (C=S) groups is 1. The van der Waals surface area contributed by atoms with Crippen molar-refractivity contribution in [3.8, 4) is 10.6 Å². The molecule has 1 N–H and O–H groups in total. The van der Waals surface area contributed by atoms with Crippen LogP contribution >= 0.6 is 46.9 Å². The maximum atomic E-state index is 12.4. The Bertz CT molecular complexity index is 870. The summed E-state index contributed by atoms with van der Waals surface area (Å²) in [6, 6.07) is 6.14. The highest BCUT2D eigenvalue weighted by molar-refractivity contribution is 8.26. The Morgan fingerprint density at radius 2 is 2.17 bits per heavy atom. The van der Waals surface area contributed by atoms with Gasteiger partial charge in [-0.1, -0.05) is 35.6 Å². The number of nitrogens with zero attached hydrogens (tertiary/aromatic N) is 1. The van der Waals surface area contributed by atoms with E-state index in [9.17, 15) is 9.59 Å². The van der Waals surface area contributed by atoms with Gasteiger partial charge in [0.1, 0.15) is 21.9 Å². The summed E-state index contributed by atoms with van der Waals surface area (Å²) in [5.74, 6) is -0.412. The molecule has 0 aromatic carbocycles. The fourth-order valence-electron chi connectivity index (χ4n) is 2.06. The molecule has 2 aromatic heterocycles. The van der Waals surface area contributed by atoms with Crippen LogP contribution in [0.3, 0.4) is 0 Å². The Morgan fingerprint density at radius 3 is 2.79 bits per heavy atom. The molecular weight excluding hydrogens is 390 g/mol. The van der Waals surface area contributed by atoms with Crippen LogP contribution in [-0.4, -0.2) is 32.2 Å². The van der Waals surface area contributed by atoms with Crippen LogP contribution < -0.4 is 0 Å². The zero-order chi connectivity index (χ0) is 17.4. The SMILES string of the molecule is CC(C(=O)O)N1C(=O)/C(=C\c2ccc(-c3ccc(Cl)s3)o2)SC1=S. The molecule has 1 aliphatic rings. The Labute approximate surface area is 155 Å². The Kier molecular flexibility index (Phi) is 4.82. The summed E-state index contributed by atoms with van der Waals surface area (Å²) >= 11 is 13.5. The zero-order valence-corrected chi connectivity index (χ0v) is 15.4. The van der Waals surface area contributed by atoms with E-state index in [0.717, 1.165) is 21.5 Å². The second-order valence-electron chi connectivity index (χ2n) is 4.87. The highest BCUT2D eigenvalue weighted by atomic mass is 35.5. The van der Waals surface area contributed by atoms with E-state index in [2.05, 4.69) is 0 Å². The molecule has 9 heteroatoms. The second-order valence-corrected chi connectivity index (χ2v) is 8.26. The van der Waals surface area contributed by atoms with Crippen LogP contribution in [0.5, 0.6) is 0 Å². The van der Waals surface area contributed by atoms with Crippen molar-refractivity contribution in [1.29, 1.82) is 0 Å². The fraction of sp³-hybridized carbons (Fsp3) is 0.133. The van der Waals surface area contributed by atoms with E-state index in [0.29, 0.717) is 20.8 Å². The van der Waals surface area contributed by atoms with Gasteiger partial charge in [-0.2, -0.15) is 0 Å². The molecule has 1 fully saturated rings. The number of carboxylic acid groups (broad SMARTS) is 1. The van der Waals surface area contributed by atoms with E-state index in [1.54, 1.807) is 24.3 Å². The first-order valence-corrected chi connectivity index (χ1v) is 9.14. The molecular formula is C15H10ClNO4S3. The highest BCUT2D eigenvalue weighted by Crippen LogP contribution is 2.36. The van der Waals surface area contributed by atoms with Crippen molar-refractivity contribution in [3.63, 3.8) is 0 Å². The predicted octanol–water partition coefficient (Wildman–Crippen LogP) is 4.34. The summed E-state index contributed by atoms with van der Waals surface area (Å²) in [6.07, 6.45) is 1.56. The molecule has 3 heterocycles. The molecule has 1 unspecified atom stereocenters. The van der Waals surface area contributed by atoms with Gasteiger partial charge in [-0.15, -0.1) is 11.3 Å². The summed E-state index contributed by atoms with van der Waals surface area (Å²) < 4.78 is 6.58. The number of carbonyl (C=O) groups is 2. The number of hydrogen-bond acceptors (Lipinski definition) is 6. The number of carboxylic acids is 1. The van der Waals surface area contributed by atoms with E-state index in [1.807, 2.05) is 6.07 Å². The number of furan rings is 1. The number of thioether (sulfide) groups is 1. The third-order valence-corrected chi connectivity index (χ3v) is 5.86. The number of hydrogen-bond donors (Lipinski definition) is 1. The predicted molar refractivity (Wildman–Crippen MR) is 99.1 cm³/mol. The fourth-order valence-corrected chi connectivity index (χ4v) is 4.47. The van der Waals surface area contributed by atoms with Crippen molar-refractivity contribution in [3.05, 3.63) is 39.3 Å². The summed E-state index contributed by atoms with van der Waals surface area (Å²) in [5, 5.41) is 9.07. The summed E-state index contributed by atoms with van der Waals surface area (Å²) in [7, 11) is 0. The van der Waals surface area contributed by atoms with Gasteiger partial charge in [0.2, 0.25) is 0 Å². The van der Waals surface area contributed by atoms with Crippen LogP contribution in [0.1, 0.15) is 12.7 Å². The lowest BCUT2D eigenvalue weighted by Crippen LogP contribution is -2.41. The van der Waals surface area contributed by atoms with Crippen LogP contribution in [0.25, 0.3) is 16.7 Å². The number of thiophene rings is 1. The molecule has 3 rings (SSSR count). The van der Waals surface area contributed by atoms with Crippen LogP contribution in [0.2, 0.25) is 4.34 Å². The summed E-state index contributed by atoms with van der Waals surface area (Å²) in [5.41, 5.74) is 0. The van der Waals surface area contributed by atoms with E-state index < -0.39 is 17.9 Å². The Morgan fingerprint density at radius 1 is 1.42 bits per heavy atom. The maximum Gasteiger partial charge on any atom is 0.326 e. The molecule has 0 saturated carbocycles. The molecule has 5 nitrogen and oxygen atoms in total. The molecule has 0 bridgehead atoms. The van der Waals surface area contributed by atoms with Crippen molar-refractivity contribution >= 4 is 69.2 Å². The van der Waals surface area contributed by atoms with Gasteiger partial charge in [-0.25, -0.2) is 4.79 Å². The van der Waals surface area contributed by atoms with E-state index in [-0.39, 0.29) is 4.32 Å². The second kappa shape index (κ2) is 6.72. The van der Waals surface area contributed by atoms with Crippen LogP contribution in [-0.2, 0) is 9.59 Å².